The molecule has 0 aliphatic carbocycles. The number of hydrogen-bond donors (Lipinski definition) is 1. The largest absolute Gasteiger partial charge is 0.397 e. The Hall–Kier alpha value is -1.30. The highest BCUT2D eigenvalue weighted by Crippen LogP contribution is 2.36. The maximum absolute atomic E-state index is 6.13. The van der Waals surface area contributed by atoms with Gasteiger partial charge in [0.05, 0.1) is 21.3 Å². The molecule has 2 heterocycles. The molecule has 106 valence electrons. The van der Waals surface area contributed by atoms with Crippen LogP contribution in [0.2, 0.25) is 10.0 Å². The second-order valence-corrected chi connectivity index (χ2v) is 5.58. The van der Waals surface area contributed by atoms with Crippen molar-refractivity contribution in [2.45, 2.75) is 12.8 Å². The van der Waals surface area contributed by atoms with E-state index in [0.29, 0.717) is 38.9 Å². The summed E-state index contributed by atoms with van der Waals surface area (Å²) in [5.74, 6) is 1.36. The first-order valence-corrected chi connectivity index (χ1v) is 7.05. The van der Waals surface area contributed by atoms with Crippen molar-refractivity contribution in [3.05, 3.63) is 28.0 Å². The summed E-state index contributed by atoms with van der Waals surface area (Å²) in [5.41, 5.74) is 6.76. The van der Waals surface area contributed by atoms with E-state index >= 15 is 0 Å². The molecule has 1 aromatic heterocycles. The van der Waals surface area contributed by atoms with Crippen LogP contribution in [0, 0.1) is 5.92 Å². The minimum absolute atomic E-state index is 0.295. The van der Waals surface area contributed by atoms with Gasteiger partial charge >= 0.3 is 0 Å². The third kappa shape index (κ3) is 2.61. The van der Waals surface area contributed by atoms with Crippen molar-refractivity contribution in [2.24, 2.45) is 5.92 Å². The molecule has 0 spiro atoms. The van der Waals surface area contributed by atoms with Gasteiger partial charge in [-0.3, -0.25) is 0 Å². The SMILES string of the molecule is Nc1c(Cl)ccc(Cl)c1-c1nc(CC2CCOC2)no1. The maximum Gasteiger partial charge on any atom is 0.261 e. The molecule has 2 aromatic rings. The molecule has 1 unspecified atom stereocenters. The van der Waals surface area contributed by atoms with E-state index in [-0.39, 0.29) is 0 Å². The first kappa shape index (κ1) is 13.7. The van der Waals surface area contributed by atoms with Gasteiger partial charge in [0.25, 0.3) is 5.89 Å². The fraction of sp³-hybridized carbons (Fsp3) is 0.385. The Kier molecular flexibility index (Phi) is 3.83. The predicted octanol–water partition coefficient (Wildman–Crippen LogP) is 3.20. The highest BCUT2D eigenvalue weighted by Gasteiger charge is 2.21. The summed E-state index contributed by atoms with van der Waals surface area (Å²) in [4.78, 5) is 4.35. The Morgan fingerprint density at radius 1 is 1.30 bits per heavy atom. The van der Waals surface area contributed by atoms with Crippen molar-refractivity contribution in [3.63, 3.8) is 0 Å². The summed E-state index contributed by atoms with van der Waals surface area (Å²) < 4.78 is 10.6. The van der Waals surface area contributed by atoms with Gasteiger partial charge in [0, 0.05) is 19.6 Å². The van der Waals surface area contributed by atoms with Crippen LogP contribution in [-0.2, 0) is 11.2 Å². The van der Waals surface area contributed by atoms with Gasteiger partial charge in [-0.25, -0.2) is 0 Å². The normalized spacial score (nSPS) is 18.6. The third-order valence-corrected chi connectivity index (χ3v) is 3.96. The molecule has 0 bridgehead atoms. The van der Waals surface area contributed by atoms with E-state index in [4.69, 9.17) is 38.2 Å². The average Bonchev–Trinajstić information content (AvgIpc) is 3.07. The van der Waals surface area contributed by atoms with Crippen molar-refractivity contribution in [2.75, 3.05) is 18.9 Å². The van der Waals surface area contributed by atoms with Crippen LogP contribution in [0.25, 0.3) is 11.5 Å². The van der Waals surface area contributed by atoms with Crippen molar-refractivity contribution in [1.29, 1.82) is 0 Å². The summed E-state index contributed by atoms with van der Waals surface area (Å²) in [6.07, 6.45) is 1.74. The number of rotatable bonds is 3. The Labute approximate surface area is 126 Å². The highest BCUT2D eigenvalue weighted by molar-refractivity contribution is 6.37. The van der Waals surface area contributed by atoms with Gasteiger partial charge in [0.1, 0.15) is 0 Å². The summed E-state index contributed by atoms with van der Waals surface area (Å²) in [6.45, 7) is 1.53. The minimum Gasteiger partial charge on any atom is -0.397 e. The van der Waals surface area contributed by atoms with Crippen LogP contribution in [0.15, 0.2) is 16.7 Å². The lowest BCUT2D eigenvalue weighted by molar-refractivity contribution is 0.185. The number of nitrogens with zero attached hydrogens (tertiary/aromatic N) is 2. The van der Waals surface area contributed by atoms with Gasteiger partial charge in [-0.2, -0.15) is 4.98 Å². The average molecular weight is 314 g/mol. The Bertz CT molecular complexity index is 624. The van der Waals surface area contributed by atoms with Gasteiger partial charge in [0.15, 0.2) is 5.82 Å². The monoisotopic (exact) mass is 313 g/mol. The number of halogens is 2. The van der Waals surface area contributed by atoms with E-state index in [1.54, 1.807) is 12.1 Å². The Morgan fingerprint density at radius 3 is 2.85 bits per heavy atom. The van der Waals surface area contributed by atoms with Gasteiger partial charge in [0.2, 0.25) is 0 Å². The quantitative estimate of drug-likeness (QED) is 0.881. The summed E-state index contributed by atoms with van der Waals surface area (Å²) >= 11 is 12.1. The van der Waals surface area contributed by atoms with E-state index in [1.165, 1.54) is 0 Å². The summed E-state index contributed by atoms with van der Waals surface area (Å²) in [5, 5.41) is 4.82. The highest BCUT2D eigenvalue weighted by atomic mass is 35.5. The van der Waals surface area contributed by atoms with E-state index in [9.17, 15) is 0 Å². The molecule has 0 amide bonds. The van der Waals surface area contributed by atoms with Crippen LogP contribution >= 0.6 is 23.2 Å². The van der Waals surface area contributed by atoms with Crippen molar-refractivity contribution >= 4 is 28.9 Å². The van der Waals surface area contributed by atoms with Crippen LogP contribution in [0.3, 0.4) is 0 Å². The number of anilines is 1. The van der Waals surface area contributed by atoms with Crippen LogP contribution in [0.5, 0.6) is 0 Å². The molecular formula is C13H13Cl2N3O2. The van der Waals surface area contributed by atoms with E-state index in [0.717, 1.165) is 26.1 Å². The number of benzene rings is 1. The number of nitrogens with two attached hydrogens (primary N) is 1. The Balaban J connectivity index is 1.88. The number of ether oxygens (including phenoxy) is 1. The van der Waals surface area contributed by atoms with Crippen molar-refractivity contribution in [3.8, 4) is 11.5 Å². The smallest absolute Gasteiger partial charge is 0.261 e. The standard InChI is InChI=1S/C13H13Cl2N3O2/c14-8-1-2-9(15)12(16)11(8)13-17-10(18-20-13)5-7-3-4-19-6-7/h1-2,7H,3-6,16H2. The van der Waals surface area contributed by atoms with Crippen LogP contribution in [-0.4, -0.2) is 23.4 Å². The Morgan fingerprint density at radius 2 is 2.10 bits per heavy atom. The molecule has 1 fully saturated rings. The van der Waals surface area contributed by atoms with E-state index in [1.807, 2.05) is 0 Å². The molecule has 20 heavy (non-hydrogen) atoms. The minimum atomic E-state index is 0.295. The second-order valence-electron chi connectivity index (χ2n) is 4.77. The van der Waals surface area contributed by atoms with E-state index in [2.05, 4.69) is 10.1 Å². The first-order chi connectivity index (χ1) is 9.65. The lowest BCUT2D eigenvalue weighted by Gasteiger charge is -2.05. The first-order valence-electron chi connectivity index (χ1n) is 6.29. The zero-order chi connectivity index (χ0) is 14.1. The zero-order valence-corrected chi connectivity index (χ0v) is 12.1. The molecule has 1 aliphatic heterocycles. The molecule has 0 saturated carbocycles. The molecule has 2 N–H and O–H groups in total. The fourth-order valence-corrected chi connectivity index (χ4v) is 2.63. The molecular weight excluding hydrogens is 301 g/mol. The molecule has 3 rings (SSSR count). The molecule has 1 atom stereocenters. The summed E-state index contributed by atoms with van der Waals surface area (Å²) in [6, 6.07) is 3.29. The van der Waals surface area contributed by atoms with Crippen LogP contribution < -0.4 is 5.73 Å². The lowest BCUT2D eigenvalue weighted by atomic mass is 10.1. The molecule has 0 radical (unpaired) electrons. The molecule has 1 aromatic carbocycles. The second kappa shape index (κ2) is 5.60. The van der Waals surface area contributed by atoms with Crippen LogP contribution in [0.4, 0.5) is 5.69 Å². The number of aromatic nitrogens is 2. The number of nitrogen functional groups attached to an aromatic ring is 1. The van der Waals surface area contributed by atoms with Gasteiger partial charge in [-0.15, -0.1) is 0 Å². The van der Waals surface area contributed by atoms with Crippen LogP contribution in [0.1, 0.15) is 12.2 Å². The molecule has 1 saturated heterocycles. The fourth-order valence-electron chi connectivity index (χ4n) is 2.23. The molecule has 5 nitrogen and oxygen atoms in total. The zero-order valence-electron chi connectivity index (χ0n) is 10.6. The van der Waals surface area contributed by atoms with Gasteiger partial charge < -0.3 is 15.0 Å². The van der Waals surface area contributed by atoms with E-state index < -0.39 is 0 Å². The van der Waals surface area contributed by atoms with Gasteiger partial charge in [-0.1, -0.05) is 28.4 Å². The van der Waals surface area contributed by atoms with Crippen molar-refractivity contribution < 1.29 is 9.26 Å². The molecule has 7 heteroatoms. The number of hydrogen-bond acceptors (Lipinski definition) is 5. The van der Waals surface area contributed by atoms with Gasteiger partial charge in [-0.05, 0) is 24.5 Å². The topological polar surface area (TPSA) is 74.2 Å². The predicted molar refractivity (Wildman–Crippen MR) is 76.8 cm³/mol. The summed E-state index contributed by atoms with van der Waals surface area (Å²) in [7, 11) is 0. The maximum atomic E-state index is 6.13. The third-order valence-electron chi connectivity index (χ3n) is 3.32. The lowest BCUT2D eigenvalue weighted by Crippen LogP contribution is -2.04. The van der Waals surface area contributed by atoms with Crippen molar-refractivity contribution in [1.82, 2.24) is 10.1 Å². The molecule has 1 aliphatic rings.